The van der Waals surface area contributed by atoms with Gasteiger partial charge in [-0.15, -0.1) is 11.8 Å². The number of amides is 1. The monoisotopic (exact) mass is 267 g/mol. The molecule has 0 fully saturated rings. The predicted octanol–water partition coefficient (Wildman–Crippen LogP) is 1.99. The number of hydrogen-bond acceptors (Lipinski definition) is 3. The van der Waals surface area contributed by atoms with Gasteiger partial charge < -0.3 is 10.4 Å². The van der Waals surface area contributed by atoms with Crippen molar-refractivity contribution in [2.24, 2.45) is 0 Å². The summed E-state index contributed by atoms with van der Waals surface area (Å²) in [6.45, 7) is 3.77. The van der Waals surface area contributed by atoms with E-state index in [0.717, 1.165) is 4.90 Å². The summed E-state index contributed by atoms with van der Waals surface area (Å²) in [7, 11) is 0. The van der Waals surface area contributed by atoms with Crippen molar-refractivity contribution in [3.05, 3.63) is 29.3 Å². The number of carboxylic acids is 1. The molecule has 0 spiro atoms. The molecule has 0 radical (unpaired) electrons. The molecule has 1 aromatic rings. The molecular formula is C13H17NO3S. The number of carbonyl (C=O) groups excluding carboxylic acids is 1. The van der Waals surface area contributed by atoms with Crippen LogP contribution in [0.2, 0.25) is 0 Å². The zero-order chi connectivity index (χ0) is 13.5. The Morgan fingerprint density at radius 3 is 2.67 bits per heavy atom. The summed E-state index contributed by atoms with van der Waals surface area (Å²) < 4.78 is 0. The van der Waals surface area contributed by atoms with E-state index in [1.165, 1.54) is 11.1 Å². The maximum absolute atomic E-state index is 11.3. The Labute approximate surface area is 111 Å². The van der Waals surface area contributed by atoms with Crippen molar-refractivity contribution in [3.63, 3.8) is 0 Å². The zero-order valence-corrected chi connectivity index (χ0v) is 11.3. The molecule has 0 bridgehead atoms. The van der Waals surface area contributed by atoms with Gasteiger partial charge in [0.25, 0.3) is 0 Å². The molecule has 0 aromatic heterocycles. The summed E-state index contributed by atoms with van der Waals surface area (Å²) >= 11 is 1.61. The highest BCUT2D eigenvalue weighted by atomic mass is 32.2. The van der Waals surface area contributed by atoms with Crippen LogP contribution in [0.1, 0.15) is 17.5 Å². The third kappa shape index (κ3) is 5.23. The van der Waals surface area contributed by atoms with Crippen LogP contribution in [0.4, 0.5) is 0 Å². The quantitative estimate of drug-likeness (QED) is 0.774. The molecule has 18 heavy (non-hydrogen) atoms. The Hall–Kier alpha value is -1.49. The fourth-order valence-electron chi connectivity index (χ4n) is 1.48. The molecule has 4 nitrogen and oxygen atoms in total. The number of thioether (sulfide) groups is 1. The average molecular weight is 267 g/mol. The topological polar surface area (TPSA) is 66.4 Å². The van der Waals surface area contributed by atoms with Crippen LogP contribution >= 0.6 is 11.8 Å². The molecule has 0 aliphatic heterocycles. The lowest BCUT2D eigenvalue weighted by Gasteiger charge is -2.06. The molecule has 0 atom stereocenters. The summed E-state index contributed by atoms with van der Waals surface area (Å²) in [4.78, 5) is 22.7. The number of aliphatic carboxylic acids is 1. The van der Waals surface area contributed by atoms with Gasteiger partial charge in [0.1, 0.15) is 6.54 Å². The molecular weight excluding hydrogens is 250 g/mol. The summed E-state index contributed by atoms with van der Waals surface area (Å²) in [6.07, 6.45) is 0.325. The molecule has 2 N–H and O–H groups in total. The molecule has 0 aliphatic carbocycles. The average Bonchev–Trinajstić information content (AvgIpc) is 2.29. The minimum absolute atomic E-state index is 0.227. The van der Waals surface area contributed by atoms with Gasteiger partial charge in [0.15, 0.2) is 0 Å². The highest BCUT2D eigenvalue weighted by Gasteiger charge is 2.05. The van der Waals surface area contributed by atoms with E-state index >= 15 is 0 Å². The van der Waals surface area contributed by atoms with Gasteiger partial charge in [0.2, 0.25) is 5.91 Å². The first kappa shape index (κ1) is 14.6. The van der Waals surface area contributed by atoms with Crippen molar-refractivity contribution in [2.45, 2.75) is 25.2 Å². The fourth-order valence-corrected chi connectivity index (χ4v) is 2.44. The molecule has 0 unspecified atom stereocenters. The normalized spacial score (nSPS) is 10.1. The van der Waals surface area contributed by atoms with E-state index < -0.39 is 5.97 Å². The van der Waals surface area contributed by atoms with Crippen molar-refractivity contribution in [3.8, 4) is 0 Å². The summed E-state index contributed by atoms with van der Waals surface area (Å²) in [5, 5.41) is 10.7. The number of rotatable bonds is 6. The molecule has 0 heterocycles. The molecule has 0 aliphatic rings. The highest BCUT2D eigenvalue weighted by Crippen LogP contribution is 2.23. The maximum Gasteiger partial charge on any atom is 0.322 e. The largest absolute Gasteiger partial charge is 0.480 e. The zero-order valence-electron chi connectivity index (χ0n) is 10.5. The van der Waals surface area contributed by atoms with Crippen molar-refractivity contribution in [1.29, 1.82) is 0 Å². The van der Waals surface area contributed by atoms with E-state index in [-0.39, 0.29) is 12.5 Å². The Morgan fingerprint density at radius 2 is 2.06 bits per heavy atom. The Bertz CT molecular complexity index is 446. The van der Waals surface area contributed by atoms with Crippen LogP contribution in [0.3, 0.4) is 0 Å². The van der Waals surface area contributed by atoms with E-state index in [1.54, 1.807) is 11.8 Å². The van der Waals surface area contributed by atoms with Gasteiger partial charge in [-0.1, -0.05) is 17.7 Å². The van der Waals surface area contributed by atoms with Crippen LogP contribution < -0.4 is 5.32 Å². The van der Waals surface area contributed by atoms with E-state index in [4.69, 9.17) is 5.11 Å². The Kier molecular flexibility index (Phi) is 5.71. The third-order valence-electron chi connectivity index (χ3n) is 2.35. The maximum atomic E-state index is 11.3. The summed E-state index contributed by atoms with van der Waals surface area (Å²) in [5.74, 6) is -0.602. The first-order chi connectivity index (χ1) is 8.49. The lowest BCUT2D eigenvalue weighted by atomic mass is 10.2. The molecule has 1 rings (SSSR count). The number of hydrogen-bond donors (Lipinski definition) is 2. The second-order valence-corrected chi connectivity index (χ2v) is 5.17. The number of aryl methyl sites for hydroxylation is 2. The molecule has 0 saturated carbocycles. The number of carboxylic acid groups (broad SMARTS) is 1. The fraction of sp³-hybridized carbons (Fsp3) is 0.385. The lowest BCUT2D eigenvalue weighted by Crippen LogP contribution is -2.29. The third-order valence-corrected chi connectivity index (χ3v) is 3.53. The van der Waals surface area contributed by atoms with Gasteiger partial charge in [0, 0.05) is 17.1 Å². The number of carbonyl (C=O) groups is 2. The number of benzene rings is 1. The minimum Gasteiger partial charge on any atom is -0.480 e. The summed E-state index contributed by atoms with van der Waals surface area (Å²) in [5.41, 5.74) is 2.42. The van der Waals surface area contributed by atoms with Crippen LogP contribution in [0, 0.1) is 13.8 Å². The van der Waals surface area contributed by atoms with E-state index in [9.17, 15) is 9.59 Å². The first-order valence-corrected chi connectivity index (χ1v) is 6.66. The first-order valence-electron chi connectivity index (χ1n) is 5.67. The predicted molar refractivity (Wildman–Crippen MR) is 71.9 cm³/mol. The van der Waals surface area contributed by atoms with E-state index in [0.29, 0.717) is 12.2 Å². The SMILES string of the molecule is Cc1ccc(SCCC(=O)NCC(=O)O)c(C)c1. The van der Waals surface area contributed by atoms with Crippen LogP contribution in [0.5, 0.6) is 0 Å². The molecule has 1 amide bonds. The van der Waals surface area contributed by atoms with Crippen molar-refractivity contribution in [1.82, 2.24) is 5.32 Å². The van der Waals surface area contributed by atoms with Gasteiger partial charge >= 0.3 is 5.97 Å². The smallest absolute Gasteiger partial charge is 0.322 e. The van der Waals surface area contributed by atoms with Crippen LogP contribution in [0.15, 0.2) is 23.1 Å². The van der Waals surface area contributed by atoms with E-state index in [2.05, 4.69) is 11.4 Å². The van der Waals surface area contributed by atoms with Crippen molar-refractivity contribution in [2.75, 3.05) is 12.3 Å². The standard InChI is InChI=1S/C13H17NO3S/c1-9-3-4-11(10(2)7-9)18-6-5-12(15)14-8-13(16)17/h3-4,7H,5-6,8H2,1-2H3,(H,14,15)(H,16,17). The molecule has 1 aromatic carbocycles. The molecule has 98 valence electrons. The van der Waals surface area contributed by atoms with E-state index in [1.807, 2.05) is 26.0 Å². The summed E-state index contributed by atoms with van der Waals surface area (Å²) in [6, 6.07) is 6.19. The van der Waals surface area contributed by atoms with Crippen molar-refractivity contribution < 1.29 is 14.7 Å². The Morgan fingerprint density at radius 1 is 1.33 bits per heavy atom. The van der Waals surface area contributed by atoms with Gasteiger partial charge in [-0.3, -0.25) is 9.59 Å². The van der Waals surface area contributed by atoms with Gasteiger partial charge in [-0.25, -0.2) is 0 Å². The second-order valence-electron chi connectivity index (χ2n) is 4.04. The van der Waals surface area contributed by atoms with Crippen LogP contribution in [-0.2, 0) is 9.59 Å². The van der Waals surface area contributed by atoms with Gasteiger partial charge in [0.05, 0.1) is 0 Å². The Balaban J connectivity index is 2.33. The minimum atomic E-state index is -1.02. The lowest BCUT2D eigenvalue weighted by molar-refractivity contribution is -0.137. The van der Waals surface area contributed by atoms with Crippen LogP contribution in [0.25, 0.3) is 0 Å². The molecule has 5 heteroatoms. The number of nitrogens with one attached hydrogen (secondary N) is 1. The molecule has 0 saturated heterocycles. The van der Waals surface area contributed by atoms with Gasteiger partial charge in [-0.05, 0) is 25.5 Å². The van der Waals surface area contributed by atoms with Crippen molar-refractivity contribution >= 4 is 23.6 Å². The van der Waals surface area contributed by atoms with Crippen LogP contribution in [-0.4, -0.2) is 29.3 Å². The highest BCUT2D eigenvalue weighted by molar-refractivity contribution is 7.99. The second kappa shape index (κ2) is 7.06. The van der Waals surface area contributed by atoms with Gasteiger partial charge in [-0.2, -0.15) is 0 Å².